The highest BCUT2D eigenvalue weighted by molar-refractivity contribution is 6.30. The Bertz CT molecular complexity index is 732. The van der Waals surface area contributed by atoms with Crippen LogP contribution in [0.4, 0.5) is 0 Å². The van der Waals surface area contributed by atoms with Crippen molar-refractivity contribution in [3.8, 4) is 11.3 Å². The van der Waals surface area contributed by atoms with Crippen molar-refractivity contribution in [3.05, 3.63) is 41.4 Å². The van der Waals surface area contributed by atoms with Crippen LogP contribution in [0.1, 0.15) is 31.6 Å². The number of amides is 1. The highest BCUT2D eigenvalue weighted by Crippen LogP contribution is 2.23. The number of hydrogen-bond acceptors (Lipinski definition) is 5. The molecule has 0 atom stereocenters. The average molecular weight is 465 g/mol. The number of benzene rings is 1. The molecule has 1 amide bonds. The Morgan fingerprint density at radius 2 is 1.93 bits per heavy atom. The van der Waals surface area contributed by atoms with Crippen molar-refractivity contribution in [2.75, 3.05) is 26.2 Å². The van der Waals surface area contributed by atoms with Gasteiger partial charge in [0.25, 0.3) is 0 Å². The van der Waals surface area contributed by atoms with Crippen molar-refractivity contribution in [1.29, 1.82) is 0 Å². The Labute approximate surface area is 188 Å². The smallest absolute Gasteiger partial charge is 0.223 e. The number of oxazole rings is 1. The molecule has 0 radical (unpaired) electrons. The van der Waals surface area contributed by atoms with E-state index >= 15 is 0 Å². The largest absolute Gasteiger partial charge is 0.441 e. The molecule has 6 nitrogen and oxygen atoms in total. The summed E-state index contributed by atoms with van der Waals surface area (Å²) in [5.74, 6) is 1.40. The molecule has 0 unspecified atom stereocenters. The number of aromatic nitrogens is 1. The fraction of sp³-hybridized carbons (Fsp3) is 0.500. The molecule has 3 rings (SSSR count). The van der Waals surface area contributed by atoms with Gasteiger partial charge in [-0.25, -0.2) is 4.98 Å². The Kier molecular flexibility index (Phi) is 11.6. The number of nitrogens with two attached hydrogens (primary N) is 1. The minimum atomic E-state index is 0. The molecule has 2 N–H and O–H groups in total. The molecule has 1 aliphatic heterocycles. The molecule has 1 aliphatic rings. The fourth-order valence-electron chi connectivity index (χ4n) is 3.15. The summed E-state index contributed by atoms with van der Waals surface area (Å²) in [6, 6.07) is 7.40. The Hall–Kier alpha value is -1.31. The maximum Gasteiger partial charge on any atom is 0.223 e. The third-order valence-electron chi connectivity index (χ3n) is 4.73. The first-order valence-electron chi connectivity index (χ1n) is 9.46. The lowest BCUT2D eigenvalue weighted by Crippen LogP contribution is -2.41. The number of carbonyl (C=O) groups is 1. The van der Waals surface area contributed by atoms with Gasteiger partial charge >= 0.3 is 0 Å². The number of hydrogen-bond donors (Lipinski definition) is 1. The number of piperidine rings is 1. The zero-order valence-electron chi connectivity index (χ0n) is 16.2. The maximum atomic E-state index is 12.4. The van der Waals surface area contributed by atoms with Gasteiger partial charge in [0.1, 0.15) is 0 Å². The van der Waals surface area contributed by atoms with Crippen LogP contribution >= 0.6 is 36.4 Å². The Morgan fingerprint density at radius 1 is 1.24 bits per heavy atom. The molecule has 1 saturated heterocycles. The molecule has 1 aromatic heterocycles. The maximum absolute atomic E-state index is 12.4. The zero-order valence-corrected chi connectivity index (χ0v) is 18.6. The second-order valence-electron chi connectivity index (χ2n) is 6.72. The lowest BCUT2D eigenvalue weighted by atomic mass is 10.1. The number of rotatable bonds is 8. The first-order valence-corrected chi connectivity index (χ1v) is 9.83. The SMILES string of the molecule is Cl.Cl.NCCCOC1CCN(C(=O)CCc2ncc(-c3ccc(Cl)cc3)o2)CC1. The highest BCUT2D eigenvalue weighted by atomic mass is 35.5. The average Bonchev–Trinajstić information content (AvgIpc) is 3.16. The molecule has 0 bridgehead atoms. The van der Waals surface area contributed by atoms with Crippen molar-refractivity contribution in [3.63, 3.8) is 0 Å². The van der Waals surface area contributed by atoms with Gasteiger partial charge in [0, 0.05) is 43.1 Å². The van der Waals surface area contributed by atoms with E-state index in [0.717, 1.165) is 37.9 Å². The third-order valence-corrected chi connectivity index (χ3v) is 4.98. The van der Waals surface area contributed by atoms with Gasteiger partial charge in [-0.1, -0.05) is 11.6 Å². The van der Waals surface area contributed by atoms with E-state index in [2.05, 4.69) is 4.98 Å². The summed E-state index contributed by atoms with van der Waals surface area (Å²) in [7, 11) is 0. The minimum Gasteiger partial charge on any atom is -0.441 e. The van der Waals surface area contributed by atoms with Crippen molar-refractivity contribution in [2.24, 2.45) is 5.73 Å². The van der Waals surface area contributed by atoms with Crippen LogP contribution in [0.15, 0.2) is 34.9 Å². The topological polar surface area (TPSA) is 81.6 Å². The molecular formula is C20H28Cl3N3O3. The van der Waals surface area contributed by atoms with E-state index in [9.17, 15) is 4.79 Å². The lowest BCUT2D eigenvalue weighted by Gasteiger charge is -2.32. The van der Waals surface area contributed by atoms with E-state index in [1.165, 1.54) is 0 Å². The van der Waals surface area contributed by atoms with Gasteiger partial charge in [-0.2, -0.15) is 0 Å². The van der Waals surface area contributed by atoms with E-state index in [1.807, 2.05) is 29.2 Å². The lowest BCUT2D eigenvalue weighted by molar-refractivity contribution is -0.133. The predicted molar refractivity (Wildman–Crippen MR) is 119 cm³/mol. The minimum absolute atomic E-state index is 0. The van der Waals surface area contributed by atoms with Crippen LogP contribution in [0.5, 0.6) is 0 Å². The molecule has 0 aliphatic carbocycles. The Morgan fingerprint density at radius 3 is 2.59 bits per heavy atom. The second-order valence-corrected chi connectivity index (χ2v) is 7.15. The Balaban J connectivity index is 0.00000210. The normalized spacial score (nSPS) is 14.2. The van der Waals surface area contributed by atoms with Crippen LogP contribution < -0.4 is 5.73 Å². The highest BCUT2D eigenvalue weighted by Gasteiger charge is 2.23. The summed E-state index contributed by atoms with van der Waals surface area (Å²) in [6.45, 7) is 2.84. The summed E-state index contributed by atoms with van der Waals surface area (Å²) in [5, 5.41) is 0.678. The summed E-state index contributed by atoms with van der Waals surface area (Å²) in [6.07, 6.45) is 5.49. The standard InChI is InChI=1S/C20H26ClN3O3.2ClH/c21-16-4-2-15(3-5-16)18-14-23-19(27-18)6-7-20(25)24-11-8-17(9-12-24)26-13-1-10-22;;/h2-5,14,17H,1,6-13,22H2;2*1H. The van der Waals surface area contributed by atoms with E-state index in [-0.39, 0.29) is 36.8 Å². The van der Waals surface area contributed by atoms with Crippen LogP contribution in [0.25, 0.3) is 11.3 Å². The van der Waals surface area contributed by atoms with Crippen molar-refractivity contribution < 1.29 is 13.9 Å². The molecule has 0 saturated carbocycles. The second kappa shape index (κ2) is 13.1. The van der Waals surface area contributed by atoms with Crippen LogP contribution in [0, 0.1) is 0 Å². The molecule has 162 valence electrons. The molecule has 29 heavy (non-hydrogen) atoms. The molecule has 9 heteroatoms. The quantitative estimate of drug-likeness (QED) is 0.594. The molecule has 0 spiro atoms. The summed E-state index contributed by atoms with van der Waals surface area (Å²) < 4.78 is 11.5. The van der Waals surface area contributed by atoms with Crippen LogP contribution in [0.2, 0.25) is 5.02 Å². The zero-order chi connectivity index (χ0) is 19.1. The van der Waals surface area contributed by atoms with Gasteiger partial charge < -0.3 is 19.8 Å². The van der Waals surface area contributed by atoms with E-state index in [4.69, 9.17) is 26.5 Å². The fourth-order valence-corrected chi connectivity index (χ4v) is 3.28. The summed E-state index contributed by atoms with van der Waals surface area (Å²) >= 11 is 5.90. The van der Waals surface area contributed by atoms with Crippen LogP contribution in [-0.4, -0.2) is 48.1 Å². The number of halogens is 3. The van der Waals surface area contributed by atoms with Crippen LogP contribution in [-0.2, 0) is 16.0 Å². The number of aryl methyl sites for hydroxylation is 1. The molecule has 2 aromatic rings. The van der Waals surface area contributed by atoms with Gasteiger partial charge in [0.05, 0.1) is 12.3 Å². The first kappa shape index (κ1) is 25.7. The number of carbonyl (C=O) groups excluding carboxylic acids is 1. The molecule has 2 heterocycles. The summed E-state index contributed by atoms with van der Waals surface area (Å²) in [5.41, 5.74) is 6.39. The predicted octanol–water partition coefficient (Wildman–Crippen LogP) is 4.13. The summed E-state index contributed by atoms with van der Waals surface area (Å²) in [4.78, 5) is 18.6. The van der Waals surface area contributed by atoms with Crippen LogP contribution in [0.3, 0.4) is 0 Å². The van der Waals surface area contributed by atoms with Gasteiger partial charge in [-0.3, -0.25) is 4.79 Å². The monoisotopic (exact) mass is 463 g/mol. The molecule has 1 fully saturated rings. The molecular weight excluding hydrogens is 437 g/mol. The van der Waals surface area contributed by atoms with Gasteiger partial charge in [0.2, 0.25) is 5.91 Å². The van der Waals surface area contributed by atoms with Gasteiger partial charge in [-0.05, 0) is 50.1 Å². The van der Waals surface area contributed by atoms with E-state index in [0.29, 0.717) is 42.7 Å². The van der Waals surface area contributed by atoms with E-state index in [1.54, 1.807) is 6.20 Å². The number of likely N-dealkylation sites (tertiary alicyclic amines) is 1. The third kappa shape index (κ3) is 7.79. The molecule has 1 aromatic carbocycles. The number of nitrogens with zero attached hydrogens (tertiary/aromatic N) is 2. The number of ether oxygens (including phenoxy) is 1. The van der Waals surface area contributed by atoms with Gasteiger partial charge in [-0.15, -0.1) is 24.8 Å². The first-order chi connectivity index (χ1) is 13.2. The van der Waals surface area contributed by atoms with Crippen molar-refractivity contribution in [2.45, 2.75) is 38.2 Å². The van der Waals surface area contributed by atoms with E-state index < -0.39 is 0 Å². The van der Waals surface area contributed by atoms with Gasteiger partial charge in [0.15, 0.2) is 11.7 Å². The van der Waals surface area contributed by atoms with Crippen molar-refractivity contribution >= 4 is 42.3 Å². The van der Waals surface area contributed by atoms with Crippen molar-refractivity contribution in [1.82, 2.24) is 9.88 Å².